The van der Waals surface area contributed by atoms with E-state index in [1.54, 1.807) is 26.0 Å². The van der Waals surface area contributed by atoms with E-state index in [4.69, 9.17) is 0 Å². The Morgan fingerprint density at radius 1 is 1.37 bits per heavy atom. The smallest absolute Gasteiger partial charge is 0.240 e. The van der Waals surface area contributed by atoms with E-state index < -0.39 is 15.6 Å². The van der Waals surface area contributed by atoms with Gasteiger partial charge >= 0.3 is 0 Å². The van der Waals surface area contributed by atoms with Crippen LogP contribution in [0.2, 0.25) is 0 Å². The normalized spacial score (nSPS) is 19.2. The zero-order valence-corrected chi connectivity index (χ0v) is 12.4. The molecule has 0 aromatic heterocycles. The molecule has 2 rings (SSSR count). The summed E-state index contributed by atoms with van der Waals surface area (Å²) in [7, 11) is -3.56. The number of aryl methyl sites for hydroxylation is 2. The van der Waals surface area contributed by atoms with Gasteiger partial charge in [0.25, 0.3) is 0 Å². The van der Waals surface area contributed by atoms with Crippen LogP contribution in [0, 0.1) is 19.8 Å². The van der Waals surface area contributed by atoms with E-state index in [1.807, 2.05) is 13.0 Å². The molecule has 0 aliphatic heterocycles. The topological polar surface area (TPSA) is 66.4 Å². The van der Waals surface area contributed by atoms with Gasteiger partial charge in [0.2, 0.25) is 10.0 Å². The third kappa shape index (κ3) is 3.35. The van der Waals surface area contributed by atoms with Crippen molar-refractivity contribution in [3.05, 3.63) is 29.3 Å². The van der Waals surface area contributed by atoms with E-state index in [1.165, 1.54) is 0 Å². The van der Waals surface area contributed by atoms with Crippen LogP contribution in [0.25, 0.3) is 0 Å². The molecule has 106 valence electrons. The first kappa shape index (κ1) is 14.5. The number of aliphatic hydroxyl groups is 1. The molecule has 1 aromatic carbocycles. The zero-order chi connectivity index (χ0) is 14.3. The molecular weight excluding hydrogens is 262 g/mol. The Bertz CT molecular complexity index is 574. The Morgan fingerprint density at radius 3 is 2.58 bits per heavy atom. The Hall–Kier alpha value is -0.910. The van der Waals surface area contributed by atoms with Gasteiger partial charge in [-0.15, -0.1) is 0 Å². The van der Waals surface area contributed by atoms with Gasteiger partial charge in [-0.3, -0.25) is 0 Å². The molecule has 0 radical (unpaired) electrons. The van der Waals surface area contributed by atoms with E-state index in [2.05, 4.69) is 4.72 Å². The van der Waals surface area contributed by atoms with Gasteiger partial charge in [0.1, 0.15) is 0 Å². The van der Waals surface area contributed by atoms with Crippen LogP contribution in [0.15, 0.2) is 23.1 Å². The molecule has 4 nitrogen and oxygen atoms in total. The Balaban J connectivity index is 2.16. The minimum Gasteiger partial charge on any atom is -0.389 e. The maximum Gasteiger partial charge on any atom is 0.240 e. The van der Waals surface area contributed by atoms with Gasteiger partial charge < -0.3 is 5.11 Å². The molecule has 19 heavy (non-hydrogen) atoms. The summed E-state index contributed by atoms with van der Waals surface area (Å²) < 4.78 is 27.1. The minimum absolute atomic E-state index is 0.0629. The first-order valence-corrected chi connectivity index (χ1v) is 8.00. The maximum absolute atomic E-state index is 12.3. The molecule has 0 spiro atoms. The van der Waals surface area contributed by atoms with Crippen LogP contribution in [0.1, 0.15) is 30.9 Å². The molecule has 0 saturated heterocycles. The fourth-order valence-electron chi connectivity index (χ4n) is 2.17. The SMILES string of the molecule is Cc1ccc(C)c(S(=O)(=O)NCC(C)(O)C2CC2)c1. The third-order valence-electron chi connectivity index (χ3n) is 3.71. The second-order valence-electron chi connectivity index (χ2n) is 5.72. The van der Waals surface area contributed by atoms with Gasteiger partial charge in [0.05, 0.1) is 10.5 Å². The molecule has 0 bridgehead atoms. The standard InChI is InChI=1S/C14H21NO3S/c1-10-4-5-11(2)13(8-10)19(17,18)15-9-14(3,16)12-6-7-12/h4-5,8,12,15-16H,6-7,9H2,1-3H3. The molecule has 1 aliphatic rings. The fourth-order valence-corrected chi connectivity index (χ4v) is 3.64. The van der Waals surface area contributed by atoms with Crippen molar-refractivity contribution < 1.29 is 13.5 Å². The summed E-state index contributed by atoms with van der Waals surface area (Å²) in [5.74, 6) is 0.216. The lowest BCUT2D eigenvalue weighted by Gasteiger charge is -2.23. The molecule has 0 heterocycles. The predicted molar refractivity (Wildman–Crippen MR) is 74.5 cm³/mol. The van der Waals surface area contributed by atoms with Crippen molar-refractivity contribution >= 4 is 10.0 Å². The molecule has 1 unspecified atom stereocenters. The second kappa shape index (κ2) is 4.89. The van der Waals surface area contributed by atoms with Crippen LogP contribution in [-0.2, 0) is 10.0 Å². The summed E-state index contributed by atoms with van der Waals surface area (Å²) in [5, 5.41) is 10.2. The number of benzene rings is 1. The van der Waals surface area contributed by atoms with Crippen molar-refractivity contribution in [2.45, 2.75) is 44.1 Å². The highest BCUT2D eigenvalue weighted by molar-refractivity contribution is 7.89. The largest absolute Gasteiger partial charge is 0.389 e. The highest BCUT2D eigenvalue weighted by atomic mass is 32.2. The average Bonchev–Trinajstić information content (AvgIpc) is 3.14. The van der Waals surface area contributed by atoms with Gasteiger partial charge in [0, 0.05) is 6.54 Å². The van der Waals surface area contributed by atoms with E-state index in [0.717, 1.165) is 18.4 Å². The Labute approximate surface area is 114 Å². The van der Waals surface area contributed by atoms with Crippen LogP contribution >= 0.6 is 0 Å². The predicted octanol–water partition coefficient (Wildman–Crippen LogP) is 1.74. The summed E-state index contributed by atoms with van der Waals surface area (Å²) in [4.78, 5) is 0.291. The molecule has 1 saturated carbocycles. The first-order chi connectivity index (χ1) is 8.72. The van der Waals surface area contributed by atoms with Crippen molar-refractivity contribution in [3.8, 4) is 0 Å². The van der Waals surface area contributed by atoms with E-state index in [-0.39, 0.29) is 12.5 Å². The summed E-state index contributed by atoms with van der Waals surface area (Å²) in [6.45, 7) is 5.38. The summed E-state index contributed by atoms with van der Waals surface area (Å²) >= 11 is 0. The fraction of sp³-hybridized carbons (Fsp3) is 0.571. The summed E-state index contributed by atoms with van der Waals surface area (Å²) in [6, 6.07) is 5.33. The van der Waals surface area contributed by atoms with Crippen molar-refractivity contribution in [2.24, 2.45) is 5.92 Å². The van der Waals surface area contributed by atoms with Crippen molar-refractivity contribution in [3.63, 3.8) is 0 Å². The number of hydrogen-bond acceptors (Lipinski definition) is 3. The maximum atomic E-state index is 12.3. The molecule has 1 fully saturated rings. The van der Waals surface area contributed by atoms with Crippen molar-refractivity contribution in [1.82, 2.24) is 4.72 Å². The van der Waals surface area contributed by atoms with Crippen molar-refractivity contribution in [2.75, 3.05) is 6.54 Å². The Kier molecular flexibility index (Phi) is 3.73. The molecule has 1 aliphatic carbocycles. The molecule has 1 atom stereocenters. The minimum atomic E-state index is -3.56. The van der Waals surface area contributed by atoms with Gasteiger partial charge in [-0.25, -0.2) is 13.1 Å². The summed E-state index contributed by atoms with van der Waals surface area (Å²) in [6.07, 6.45) is 1.94. The molecule has 5 heteroatoms. The Morgan fingerprint density at radius 2 is 2.00 bits per heavy atom. The monoisotopic (exact) mass is 283 g/mol. The van der Waals surface area contributed by atoms with Gasteiger partial charge in [-0.2, -0.15) is 0 Å². The third-order valence-corrected chi connectivity index (χ3v) is 5.25. The second-order valence-corrected chi connectivity index (χ2v) is 7.46. The number of rotatable bonds is 5. The lowest BCUT2D eigenvalue weighted by atomic mass is 10.0. The van der Waals surface area contributed by atoms with E-state index in [0.29, 0.717) is 10.5 Å². The highest BCUT2D eigenvalue weighted by Gasteiger charge is 2.40. The van der Waals surface area contributed by atoms with Gasteiger partial charge in [-0.1, -0.05) is 12.1 Å². The van der Waals surface area contributed by atoms with Crippen LogP contribution in [0.3, 0.4) is 0 Å². The van der Waals surface area contributed by atoms with E-state index >= 15 is 0 Å². The van der Waals surface area contributed by atoms with Crippen molar-refractivity contribution in [1.29, 1.82) is 0 Å². The molecular formula is C14H21NO3S. The van der Waals surface area contributed by atoms with Crippen LogP contribution in [0.4, 0.5) is 0 Å². The van der Waals surface area contributed by atoms with Crippen LogP contribution < -0.4 is 4.72 Å². The number of nitrogens with one attached hydrogen (secondary N) is 1. The van der Waals surface area contributed by atoms with Crippen LogP contribution in [0.5, 0.6) is 0 Å². The van der Waals surface area contributed by atoms with E-state index in [9.17, 15) is 13.5 Å². The number of hydrogen-bond donors (Lipinski definition) is 2. The summed E-state index contributed by atoms with van der Waals surface area (Å²) in [5.41, 5.74) is 0.661. The van der Waals surface area contributed by atoms with Gasteiger partial charge in [-0.05, 0) is 56.7 Å². The number of sulfonamides is 1. The molecule has 1 aromatic rings. The zero-order valence-electron chi connectivity index (χ0n) is 11.6. The van der Waals surface area contributed by atoms with Crippen LogP contribution in [-0.4, -0.2) is 25.7 Å². The highest BCUT2D eigenvalue weighted by Crippen LogP contribution is 2.39. The van der Waals surface area contributed by atoms with Gasteiger partial charge in [0.15, 0.2) is 0 Å². The lowest BCUT2D eigenvalue weighted by Crippen LogP contribution is -2.42. The quantitative estimate of drug-likeness (QED) is 0.865. The first-order valence-electron chi connectivity index (χ1n) is 6.52. The molecule has 0 amide bonds. The lowest BCUT2D eigenvalue weighted by molar-refractivity contribution is 0.0422. The molecule has 2 N–H and O–H groups in total. The average molecular weight is 283 g/mol.